The highest BCUT2D eigenvalue weighted by atomic mass is 16.5. The van der Waals surface area contributed by atoms with Crippen LogP contribution in [0.1, 0.15) is 45.6 Å². The molecule has 1 aromatic heterocycles. The van der Waals surface area contributed by atoms with Crippen molar-refractivity contribution in [1.82, 2.24) is 15.4 Å². The summed E-state index contributed by atoms with van der Waals surface area (Å²) in [6.07, 6.45) is 1.27. The lowest BCUT2D eigenvalue weighted by Crippen LogP contribution is -2.22. The van der Waals surface area contributed by atoms with Crippen LogP contribution in [0, 0.1) is 11.3 Å². The lowest BCUT2D eigenvalue weighted by Gasteiger charge is -2.18. The van der Waals surface area contributed by atoms with E-state index in [1.807, 2.05) is 0 Å². The van der Waals surface area contributed by atoms with Crippen LogP contribution in [0.25, 0.3) is 0 Å². The van der Waals surface area contributed by atoms with Crippen LogP contribution in [-0.2, 0) is 13.1 Å². The molecule has 0 aromatic carbocycles. The largest absolute Gasteiger partial charge is 0.360 e. The second-order valence-corrected chi connectivity index (χ2v) is 6.93. The SMILES string of the molecule is CC(C)CNCc1cc(CN2CCC(C)(C)C2)on1. The Kier molecular flexibility index (Phi) is 4.63. The van der Waals surface area contributed by atoms with E-state index in [1.165, 1.54) is 6.42 Å². The highest BCUT2D eigenvalue weighted by molar-refractivity contribution is 5.05. The predicted octanol–water partition coefficient (Wildman–Crippen LogP) is 2.65. The fourth-order valence-electron chi connectivity index (χ4n) is 2.58. The number of nitrogens with zero attached hydrogens (tertiary/aromatic N) is 2. The molecule has 1 fully saturated rings. The summed E-state index contributed by atoms with van der Waals surface area (Å²) in [5, 5.41) is 7.51. The summed E-state index contributed by atoms with van der Waals surface area (Å²) >= 11 is 0. The highest BCUT2D eigenvalue weighted by Crippen LogP contribution is 2.29. The average molecular weight is 265 g/mol. The molecule has 1 aromatic rings. The van der Waals surface area contributed by atoms with Crippen molar-refractivity contribution >= 4 is 0 Å². The molecule has 19 heavy (non-hydrogen) atoms. The topological polar surface area (TPSA) is 41.3 Å². The number of likely N-dealkylation sites (tertiary alicyclic amines) is 1. The van der Waals surface area contributed by atoms with E-state index in [0.29, 0.717) is 11.3 Å². The van der Waals surface area contributed by atoms with Crippen molar-refractivity contribution in [1.29, 1.82) is 0 Å². The molecule has 0 aliphatic carbocycles. The van der Waals surface area contributed by atoms with Crippen LogP contribution in [0.5, 0.6) is 0 Å². The molecule has 108 valence electrons. The van der Waals surface area contributed by atoms with E-state index in [1.54, 1.807) is 0 Å². The normalized spacial score (nSPS) is 19.4. The predicted molar refractivity (Wildman–Crippen MR) is 76.7 cm³/mol. The van der Waals surface area contributed by atoms with Crippen LogP contribution in [0.3, 0.4) is 0 Å². The number of nitrogens with one attached hydrogen (secondary N) is 1. The Hall–Kier alpha value is -0.870. The Bertz CT molecular complexity index is 398. The van der Waals surface area contributed by atoms with Gasteiger partial charge in [-0.1, -0.05) is 32.9 Å². The van der Waals surface area contributed by atoms with E-state index in [0.717, 1.165) is 44.2 Å². The van der Waals surface area contributed by atoms with Gasteiger partial charge in [0.05, 0.1) is 12.2 Å². The van der Waals surface area contributed by atoms with E-state index in [4.69, 9.17) is 4.52 Å². The number of hydrogen-bond acceptors (Lipinski definition) is 4. The van der Waals surface area contributed by atoms with E-state index >= 15 is 0 Å². The van der Waals surface area contributed by atoms with Crippen molar-refractivity contribution in [2.24, 2.45) is 11.3 Å². The summed E-state index contributed by atoms with van der Waals surface area (Å²) in [6, 6.07) is 2.08. The molecular formula is C15H27N3O. The van der Waals surface area contributed by atoms with Crippen molar-refractivity contribution in [3.8, 4) is 0 Å². The molecule has 0 radical (unpaired) electrons. The molecule has 0 atom stereocenters. The van der Waals surface area contributed by atoms with E-state index in [-0.39, 0.29) is 0 Å². The van der Waals surface area contributed by atoms with Crippen molar-refractivity contribution in [3.63, 3.8) is 0 Å². The van der Waals surface area contributed by atoms with Gasteiger partial charge in [-0.25, -0.2) is 0 Å². The number of aromatic nitrogens is 1. The fourth-order valence-corrected chi connectivity index (χ4v) is 2.58. The average Bonchev–Trinajstić information content (AvgIpc) is 2.86. The van der Waals surface area contributed by atoms with Crippen LogP contribution >= 0.6 is 0 Å². The monoisotopic (exact) mass is 265 g/mol. The van der Waals surface area contributed by atoms with Crippen LogP contribution < -0.4 is 5.32 Å². The van der Waals surface area contributed by atoms with Crippen LogP contribution in [0.2, 0.25) is 0 Å². The van der Waals surface area contributed by atoms with Gasteiger partial charge < -0.3 is 9.84 Å². The van der Waals surface area contributed by atoms with Gasteiger partial charge in [0.15, 0.2) is 5.76 Å². The van der Waals surface area contributed by atoms with Gasteiger partial charge in [0.25, 0.3) is 0 Å². The van der Waals surface area contributed by atoms with Gasteiger partial charge in [-0.15, -0.1) is 0 Å². The first kappa shape index (κ1) is 14.5. The summed E-state index contributed by atoms with van der Waals surface area (Å²) in [5.41, 5.74) is 1.45. The Morgan fingerprint density at radius 1 is 1.47 bits per heavy atom. The zero-order valence-corrected chi connectivity index (χ0v) is 12.7. The van der Waals surface area contributed by atoms with Crippen LogP contribution in [0.4, 0.5) is 0 Å². The molecule has 2 rings (SSSR count). The molecule has 0 amide bonds. The Morgan fingerprint density at radius 2 is 2.26 bits per heavy atom. The number of hydrogen-bond donors (Lipinski definition) is 1. The maximum atomic E-state index is 5.42. The fraction of sp³-hybridized carbons (Fsp3) is 0.800. The first-order valence-electron chi connectivity index (χ1n) is 7.32. The van der Waals surface area contributed by atoms with Crippen molar-refractivity contribution in [2.45, 2.75) is 47.2 Å². The summed E-state index contributed by atoms with van der Waals surface area (Å²) < 4.78 is 5.42. The zero-order chi connectivity index (χ0) is 13.9. The zero-order valence-electron chi connectivity index (χ0n) is 12.7. The van der Waals surface area contributed by atoms with Crippen molar-refractivity contribution in [2.75, 3.05) is 19.6 Å². The molecule has 1 aliphatic rings. The smallest absolute Gasteiger partial charge is 0.151 e. The first-order valence-corrected chi connectivity index (χ1v) is 7.32. The van der Waals surface area contributed by atoms with Crippen molar-refractivity contribution < 1.29 is 4.52 Å². The van der Waals surface area contributed by atoms with Gasteiger partial charge in [-0.3, -0.25) is 4.90 Å². The minimum atomic E-state index is 0.446. The Balaban J connectivity index is 1.78. The maximum Gasteiger partial charge on any atom is 0.151 e. The molecule has 0 unspecified atom stereocenters. The Labute approximate surface area is 116 Å². The second kappa shape index (κ2) is 6.06. The molecule has 1 aliphatic heterocycles. The number of rotatable bonds is 6. The van der Waals surface area contributed by atoms with E-state index in [2.05, 4.69) is 49.1 Å². The minimum Gasteiger partial charge on any atom is -0.360 e. The standard InChI is InChI=1S/C15H27N3O/c1-12(2)8-16-9-13-7-14(19-17-13)10-18-6-5-15(3,4)11-18/h7,12,16H,5-6,8-11H2,1-4H3. The van der Waals surface area contributed by atoms with Crippen LogP contribution in [0.15, 0.2) is 10.6 Å². The van der Waals surface area contributed by atoms with Gasteiger partial charge >= 0.3 is 0 Å². The highest BCUT2D eigenvalue weighted by Gasteiger charge is 2.29. The summed E-state index contributed by atoms with van der Waals surface area (Å²) in [5.74, 6) is 1.65. The summed E-state index contributed by atoms with van der Waals surface area (Å²) in [4.78, 5) is 2.45. The lowest BCUT2D eigenvalue weighted by atomic mass is 9.93. The van der Waals surface area contributed by atoms with Gasteiger partial charge in [-0.05, 0) is 30.8 Å². The molecule has 4 heteroatoms. The molecule has 0 spiro atoms. The van der Waals surface area contributed by atoms with Gasteiger partial charge in [-0.2, -0.15) is 0 Å². The van der Waals surface area contributed by atoms with E-state index < -0.39 is 0 Å². The molecule has 1 saturated heterocycles. The molecule has 2 heterocycles. The maximum absolute atomic E-state index is 5.42. The quantitative estimate of drug-likeness (QED) is 0.858. The van der Waals surface area contributed by atoms with Gasteiger partial charge in [0, 0.05) is 19.2 Å². The van der Waals surface area contributed by atoms with Crippen LogP contribution in [-0.4, -0.2) is 29.7 Å². The second-order valence-electron chi connectivity index (χ2n) is 6.93. The Morgan fingerprint density at radius 3 is 2.89 bits per heavy atom. The van der Waals surface area contributed by atoms with E-state index in [9.17, 15) is 0 Å². The van der Waals surface area contributed by atoms with Gasteiger partial charge in [0.1, 0.15) is 0 Å². The third kappa shape index (κ3) is 4.62. The minimum absolute atomic E-state index is 0.446. The van der Waals surface area contributed by atoms with Gasteiger partial charge in [0.2, 0.25) is 0 Å². The molecule has 0 bridgehead atoms. The summed E-state index contributed by atoms with van der Waals surface area (Å²) in [7, 11) is 0. The van der Waals surface area contributed by atoms with Crippen molar-refractivity contribution in [3.05, 3.63) is 17.5 Å². The first-order chi connectivity index (χ1) is 8.94. The summed E-state index contributed by atoms with van der Waals surface area (Å²) in [6.45, 7) is 14.1. The molecule has 4 nitrogen and oxygen atoms in total. The third-order valence-corrected chi connectivity index (χ3v) is 3.60. The molecule has 1 N–H and O–H groups in total. The molecule has 0 saturated carbocycles. The molecular weight excluding hydrogens is 238 g/mol. The third-order valence-electron chi connectivity index (χ3n) is 3.60. The lowest BCUT2D eigenvalue weighted by molar-refractivity contribution is 0.248.